The van der Waals surface area contributed by atoms with Gasteiger partial charge in [-0.15, -0.1) is 0 Å². The van der Waals surface area contributed by atoms with E-state index in [1.807, 2.05) is 18.2 Å². The van der Waals surface area contributed by atoms with Gasteiger partial charge in [-0.05, 0) is 31.0 Å². The Morgan fingerprint density at radius 1 is 0.880 bits per heavy atom. The van der Waals surface area contributed by atoms with Crippen molar-refractivity contribution in [1.82, 2.24) is 9.97 Å². The number of hydrogen-bond acceptors (Lipinski definition) is 4. The van der Waals surface area contributed by atoms with Crippen molar-refractivity contribution in [3.63, 3.8) is 0 Å². The first-order valence-corrected chi connectivity index (χ1v) is 7.96. The Kier molecular flexibility index (Phi) is 5.18. The first-order valence-electron chi connectivity index (χ1n) is 7.96. The molecule has 0 amide bonds. The van der Waals surface area contributed by atoms with Gasteiger partial charge in [0.2, 0.25) is 0 Å². The average Bonchev–Trinajstić information content (AvgIpc) is 2.59. The van der Waals surface area contributed by atoms with Crippen molar-refractivity contribution in [3.8, 4) is 0 Å². The van der Waals surface area contributed by atoms with Crippen molar-refractivity contribution >= 4 is 17.3 Å². The van der Waals surface area contributed by atoms with Crippen LogP contribution in [-0.2, 0) is 6.42 Å². The van der Waals surface area contributed by atoms with Crippen molar-refractivity contribution in [3.05, 3.63) is 77.6 Å². The fraction of sp³-hybridized carbons (Fsp3) is 0.158. The third-order valence-electron chi connectivity index (χ3n) is 3.62. The summed E-state index contributed by atoms with van der Waals surface area (Å²) in [5, 5.41) is 5.90. The van der Waals surface area contributed by atoms with E-state index in [1.165, 1.54) is 23.8 Å². The molecule has 6 heteroatoms. The van der Waals surface area contributed by atoms with E-state index in [0.29, 0.717) is 24.0 Å². The summed E-state index contributed by atoms with van der Waals surface area (Å²) in [7, 11) is 0. The minimum atomic E-state index is -0.671. The zero-order chi connectivity index (χ0) is 17.6. The van der Waals surface area contributed by atoms with Crippen LogP contribution in [0.15, 0.2) is 54.6 Å². The van der Waals surface area contributed by atoms with E-state index in [1.54, 1.807) is 13.0 Å². The van der Waals surface area contributed by atoms with E-state index in [4.69, 9.17) is 0 Å². The van der Waals surface area contributed by atoms with Gasteiger partial charge in [0, 0.05) is 12.6 Å². The standard InChI is InChI=1S/C19H18F2N4/c1-13-23-17(22-11-10-14-6-3-2-4-7-14)12-18(24-13)25-19-15(20)8-5-9-16(19)21/h2-9,12H,10-11H2,1H3,(H2,22,23,24,25). The molecule has 25 heavy (non-hydrogen) atoms. The lowest BCUT2D eigenvalue weighted by atomic mass is 10.1. The Labute approximate surface area is 145 Å². The molecule has 0 aliphatic rings. The molecule has 0 unspecified atom stereocenters. The van der Waals surface area contributed by atoms with Crippen LogP contribution in [0, 0.1) is 18.6 Å². The monoisotopic (exact) mass is 340 g/mol. The summed E-state index contributed by atoms with van der Waals surface area (Å²) in [6, 6.07) is 15.4. The summed E-state index contributed by atoms with van der Waals surface area (Å²) in [4.78, 5) is 8.48. The molecule has 0 spiro atoms. The second-order valence-corrected chi connectivity index (χ2v) is 5.57. The number of nitrogens with zero attached hydrogens (tertiary/aromatic N) is 2. The number of aromatic nitrogens is 2. The van der Waals surface area contributed by atoms with Crippen LogP contribution in [0.2, 0.25) is 0 Å². The Morgan fingerprint density at radius 3 is 2.28 bits per heavy atom. The SMILES string of the molecule is Cc1nc(NCCc2ccccc2)cc(Nc2c(F)cccc2F)n1. The molecule has 0 saturated heterocycles. The van der Waals surface area contributed by atoms with E-state index in [-0.39, 0.29) is 5.69 Å². The largest absolute Gasteiger partial charge is 0.370 e. The van der Waals surface area contributed by atoms with Crippen LogP contribution in [0.4, 0.5) is 26.1 Å². The molecule has 0 fully saturated rings. The summed E-state index contributed by atoms with van der Waals surface area (Å²) in [5.74, 6) is 0.0926. The quantitative estimate of drug-likeness (QED) is 0.695. The Morgan fingerprint density at radius 2 is 1.56 bits per heavy atom. The highest BCUT2D eigenvalue weighted by molar-refractivity contribution is 5.60. The van der Waals surface area contributed by atoms with Gasteiger partial charge in [0.1, 0.15) is 34.8 Å². The number of halogens is 2. The third-order valence-corrected chi connectivity index (χ3v) is 3.62. The van der Waals surface area contributed by atoms with E-state index < -0.39 is 11.6 Å². The number of para-hydroxylation sites is 1. The van der Waals surface area contributed by atoms with Crippen molar-refractivity contribution in [2.24, 2.45) is 0 Å². The Balaban J connectivity index is 1.70. The topological polar surface area (TPSA) is 49.8 Å². The summed E-state index contributed by atoms with van der Waals surface area (Å²) < 4.78 is 27.5. The maximum atomic E-state index is 13.8. The normalized spacial score (nSPS) is 10.5. The molecule has 4 nitrogen and oxygen atoms in total. The molecule has 128 valence electrons. The minimum Gasteiger partial charge on any atom is -0.370 e. The number of rotatable bonds is 6. The Hall–Kier alpha value is -3.02. The van der Waals surface area contributed by atoms with Crippen molar-refractivity contribution in [2.45, 2.75) is 13.3 Å². The summed E-state index contributed by atoms with van der Waals surface area (Å²) in [5.41, 5.74) is 0.989. The number of aryl methyl sites for hydroxylation is 1. The first-order chi connectivity index (χ1) is 12.1. The van der Waals surface area contributed by atoms with Gasteiger partial charge in [-0.2, -0.15) is 0 Å². The highest BCUT2D eigenvalue weighted by Gasteiger charge is 2.10. The molecule has 2 N–H and O–H groups in total. The maximum absolute atomic E-state index is 13.8. The summed E-state index contributed by atoms with van der Waals surface area (Å²) >= 11 is 0. The molecule has 3 aromatic rings. The van der Waals surface area contributed by atoms with Crippen LogP contribution in [0.5, 0.6) is 0 Å². The van der Waals surface area contributed by atoms with Crippen molar-refractivity contribution in [1.29, 1.82) is 0 Å². The van der Waals surface area contributed by atoms with Gasteiger partial charge in [-0.3, -0.25) is 0 Å². The van der Waals surface area contributed by atoms with Gasteiger partial charge < -0.3 is 10.6 Å². The van der Waals surface area contributed by atoms with Crippen LogP contribution in [0.3, 0.4) is 0 Å². The lowest BCUT2D eigenvalue weighted by Crippen LogP contribution is -2.09. The predicted octanol–water partition coefficient (Wildman–Crippen LogP) is 4.46. The zero-order valence-electron chi connectivity index (χ0n) is 13.8. The predicted molar refractivity (Wildman–Crippen MR) is 95.0 cm³/mol. The Bertz CT molecular complexity index is 833. The fourth-order valence-corrected chi connectivity index (χ4v) is 2.45. The molecule has 0 atom stereocenters. The lowest BCUT2D eigenvalue weighted by Gasteiger charge is -2.11. The first kappa shape index (κ1) is 16.8. The van der Waals surface area contributed by atoms with Crippen LogP contribution in [-0.4, -0.2) is 16.5 Å². The van der Waals surface area contributed by atoms with Gasteiger partial charge in [-0.1, -0.05) is 36.4 Å². The third kappa shape index (κ3) is 4.50. The molecular formula is C19H18F2N4. The van der Waals surface area contributed by atoms with Gasteiger partial charge in [0.25, 0.3) is 0 Å². The van der Waals surface area contributed by atoms with Gasteiger partial charge in [0.15, 0.2) is 0 Å². The lowest BCUT2D eigenvalue weighted by molar-refractivity contribution is 0.590. The number of nitrogens with one attached hydrogen (secondary N) is 2. The molecule has 0 bridgehead atoms. The molecule has 3 rings (SSSR count). The molecule has 1 heterocycles. The molecule has 1 aromatic heterocycles. The molecule has 0 aliphatic heterocycles. The van der Waals surface area contributed by atoms with Gasteiger partial charge >= 0.3 is 0 Å². The second kappa shape index (κ2) is 7.70. The number of benzene rings is 2. The average molecular weight is 340 g/mol. The zero-order valence-corrected chi connectivity index (χ0v) is 13.8. The van der Waals surface area contributed by atoms with Gasteiger partial charge in [-0.25, -0.2) is 18.7 Å². The molecule has 0 saturated carbocycles. The van der Waals surface area contributed by atoms with Crippen molar-refractivity contribution < 1.29 is 8.78 Å². The van der Waals surface area contributed by atoms with E-state index in [2.05, 4.69) is 32.7 Å². The van der Waals surface area contributed by atoms with Crippen LogP contribution in [0.25, 0.3) is 0 Å². The van der Waals surface area contributed by atoms with Crippen LogP contribution >= 0.6 is 0 Å². The maximum Gasteiger partial charge on any atom is 0.149 e. The molecule has 2 aromatic carbocycles. The minimum absolute atomic E-state index is 0.226. The second-order valence-electron chi connectivity index (χ2n) is 5.57. The summed E-state index contributed by atoms with van der Waals surface area (Å²) in [6.07, 6.45) is 0.842. The van der Waals surface area contributed by atoms with E-state index in [9.17, 15) is 8.78 Å². The molecule has 0 radical (unpaired) electrons. The van der Waals surface area contributed by atoms with Gasteiger partial charge in [0.05, 0.1) is 0 Å². The smallest absolute Gasteiger partial charge is 0.149 e. The highest BCUT2D eigenvalue weighted by atomic mass is 19.1. The summed E-state index contributed by atoms with van der Waals surface area (Å²) in [6.45, 7) is 2.42. The molecule has 0 aliphatic carbocycles. The van der Waals surface area contributed by atoms with E-state index >= 15 is 0 Å². The highest BCUT2D eigenvalue weighted by Crippen LogP contribution is 2.23. The van der Waals surface area contributed by atoms with E-state index in [0.717, 1.165) is 6.42 Å². The fourth-order valence-electron chi connectivity index (χ4n) is 2.45. The van der Waals surface area contributed by atoms with Crippen molar-refractivity contribution in [2.75, 3.05) is 17.2 Å². The molecular weight excluding hydrogens is 322 g/mol. The number of anilines is 3. The number of hydrogen-bond donors (Lipinski definition) is 2. The van der Waals surface area contributed by atoms with Crippen LogP contribution in [0.1, 0.15) is 11.4 Å². The van der Waals surface area contributed by atoms with Crippen LogP contribution < -0.4 is 10.6 Å².